The molecule has 2 heterocycles. The van der Waals surface area contributed by atoms with Crippen LogP contribution in [0.25, 0.3) is 0 Å². The van der Waals surface area contributed by atoms with Gasteiger partial charge in [0.05, 0.1) is 12.6 Å². The number of β-amino-alcohol motifs (C(OH)–C–C–N with tert-alkyl or cyclic N) is 1. The molecule has 0 unspecified atom stereocenters. The van der Waals surface area contributed by atoms with Crippen molar-refractivity contribution in [3.8, 4) is 0 Å². The van der Waals surface area contributed by atoms with Crippen molar-refractivity contribution in [2.24, 2.45) is 0 Å². The molecule has 0 saturated carbocycles. The Balaban J connectivity index is 1.72. The van der Waals surface area contributed by atoms with E-state index < -0.39 is 6.10 Å². The van der Waals surface area contributed by atoms with Gasteiger partial charge in [-0.05, 0) is 6.07 Å². The van der Waals surface area contributed by atoms with E-state index in [9.17, 15) is 9.90 Å². The monoisotopic (exact) mass is 281 g/mol. The van der Waals surface area contributed by atoms with Crippen LogP contribution in [0.5, 0.6) is 0 Å². The fourth-order valence-electron chi connectivity index (χ4n) is 2.38. The van der Waals surface area contributed by atoms with E-state index in [0.29, 0.717) is 26.2 Å². The number of amides is 2. The standard InChI is InChI=1S/C13H23N5O2/c1-15(2)13(20)17-8-6-16(7-9-17)10-12(19)11-18-5-3-4-14-18/h3-5,12,19H,6-11H2,1-2H3/t12-/m1/s1. The van der Waals surface area contributed by atoms with Crippen LogP contribution in [0.15, 0.2) is 18.5 Å². The van der Waals surface area contributed by atoms with Crippen LogP contribution in [0.2, 0.25) is 0 Å². The first kappa shape index (κ1) is 14.8. The third-order valence-electron chi connectivity index (χ3n) is 3.45. The van der Waals surface area contributed by atoms with Gasteiger partial charge in [0, 0.05) is 59.2 Å². The Hall–Kier alpha value is -1.60. The third-order valence-corrected chi connectivity index (χ3v) is 3.45. The average Bonchev–Trinajstić information content (AvgIpc) is 2.91. The van der Waals surface area contributed by atoms with E-state index in [1.54, 1.807) is 29.9 Å². The first-order valence-corrected chi connectivity index (χ1v) is 6.90. The maximum Gasteiger partial charge on any atom is 0.319 e. The summed E-state index contributed by atoms with van der Waals surface area (Å²) in [6.07, 6.45) is 3.11. The van der Waals surface area contributed by atoms with Crippen molar-refractivity contribution < 1.29 is 9.90 Å². The molecule has 2 amide bonds. The molecular formula is C13H23N5O2. The molecular weight excluding hydrogens is 258 g/mol. The minimum Gasteiger partial charge on any atom is -0.390 e. The Morgan fingerprint density at radius 1 is 1.30 bits per heavy atom. The lowest BCUT2D eigenvalue weighted by atomic mass is 10.2. The van der Waals surface area contributed by atoms with E-state index in [2.05, 4.69) is 10.00 Å². The average molecular weight is 281 g/mol. The highest BCUT2D eigenvalue weighted by Gasteiger charge is 2.23. The van der Waals surface area contributed by atoms with Gasteiger partial charge in [0.15, 0.2) is 0 Å². The predicted molar refractivity (Wildman–Crippen MR) is 75.3 cm³/mol. The number of rotatable bonds is 4. The summed E-state index contributed by atoms with van der Waals surface area (Å²) in [5.41, 5.74) is 0. The number of hydrogen-bond donors (Lipinski definition) is 1. The van der Waals surface area contributed by atoms with Gasteiger partial charge in [-0.2, -0.15) is 5.10 Å². The van der Waals surface area contributed by atoms with Crippen LogP contribution >= 0.6 is 0 Å². The molecule has 1 aromatic heterocycles. The molecule has 1 saturated heterocycles. The van der Waals surface area contributed by atoms with E-state index in [1.165, 1.54) is 0 Å². The van der Waals surface area contributed by atoms with E-state index >= 15 is 0 Å². The molecule has 7 heteroatoms. The van der Waals surface area contributed by atoms with Gasteiger partial charge >= 0.3 is 6.03 Å². The Kier molecular flexibility index (Phi) is 4.97. The summed E-state index contributed by atoms with van der Waals surface area (Å²) in [4.78, 5) is 17.4. The summed E-state index contributed by atoms with van der Waals surface area (Å²) in [5.74, 6) is 0. The highest BCUT2D eigenvalue weighted by atomic mass is 16.3. The Labute approximate surface area is 119 Å². The van der Waals surface area contributed by atoms with E-state index in [4.69, 9.17) is 0 Å². The van der Waals surface area contributed by atoms with Gasteiger partial charge in [0.25, 0.3) is 0 Å². The van der Waals surface area contributed by atoms with Crippen molar-refractivity contribution >= 4 is 6.03 Å². The molecule has 1 aliphatic heterocycles. The molecule has 1 fully saturated rings. The molecule has 0 bridgehead atoms. The fraction of sp³-hybridized carbons (Fsp3) is 0.692. The first-order valence-electron chi connectivity index (χ1n) is 6.90. The number of urea groups is 1. The van der Waals surface area contributed by atoms with Gasteiger partial charge in [-0.25, -0.2) is 4.79 Å². The van der Waals surface area contributed by atoms with E-state index in [1.807, 2.05) is 17.2 Å². The lowest BCUT2D eigenvalue weighted by Gasteiger charge is -2.36. The lowest BCUT2D eigenvalue weighted by Crippen LogP contribution is -2.52. The summed E-state index contributed by atoms with van der Waals surface area (Å²) < 4.78 is 1.73. The quantitative estimate of drug-likeness (QED) is 0.811. The number of nitrogens with zero attached hydrogens (tertiary/aromatic N) is 5. The largest absolute Gasteiger partial charge is 0.390 e. The number of aliphatic hydroxyl groups is 1. The summed E-state index contributed by atoms with van der Waals surface area (Å²) in [5, 5.41) is 14.1. The number of hydrogen-bond acceptors (Lipinski definition) is 4. The molecule has 1 aliphatic rings. The number of piperazine rings is 1. The van der Waals surface area contributed by atoms with Crippen LogP contribution < -0.4 is 0 Å². The highest BCUT2D eigenvalue weighted by Crippen LogP contribution is 2.05. The molecule has 0 spiro atoms. The summed E-state index contributed by atoms with van der Waals surface area (Å²) in [6.45, 7) is 4.15. The molecule has 0 aromatic carbocycles. The SMILES string of the molecule is CN(C)C(=O)N1CCN(C[C@@H](O)Cn2cccn2)CC1. The number of carbonyl (C=O) groups excluding carboxylic acids is 1. The van der Waals surface area contributed by atoms with E-state index in [-0.39, 0.29) is 6.03 Å². The second kappa shape index (κ2) is 6.71. The molecule has 1 atom stereocenters. The van der Waals surface area contributed by atoms with Crippen molar-refractivity contribution in [3.63, 3.8) is 0 Å². The molecule has 0 aliphatic carbocycles. The zero-order chi connectivity index (χ0) is 14.5. The third kappa shape index (κ3) is 3.94. The van der Waals surface area contributed by atoms with Gasteiger partial charge in [-0.3, -0.25) is 9.58 Å². The molecule has 112 valence electrons. The van der Waals surface area contributed by atoms with Crippen molar-refractivity contribution in [1.82, 2.24) is 24.5 Å². The Bertz CT molecular complexity index is 412. The van der Waals surface area contributed by atoms with Crippen LogP contribution in [-0.2, 0) is 6.54 Å². The fourth-order valence-corrected chi connectivity index (χ4v) is 2.38. The van der Waals surface area contributed by atoms with Crippen LogP contribution in [0.3, 0.4) is 0 Å². The van der Waals surface area contributed by atoms with Gasteiger partial charge in [0.2, 0.25) is 0 Å². The highest BCUT2D eigenvalue weighted by molar-refractivity contribution is 5.73. The number of carbonyl (C=O) groups is 1. The van der Waals surface area contributed by atoms with Gasteiger partial charge < -0.3 is 14.9 Å². The summed E-state index contributed by atoms with van der Waals surface area (Å²) in [7, 11) is 3.53. The zero-order valence-electron chi connectivity index (χ0n) is 12.1. The van der Waals surface area contributed by atoms with Crippen LogP contribution in [0.1, 0.15) is 0 Å². The molecule has 2 rings (SSSR count). The van der Waals surface area contributed by atoms with Crippen molar-refractivity contribution in [3.05, 3.63) is 18.5 Å². The molecule has 0 radical (unpaired) electrons. The van der Waals surface area contributed by atoms with Gasteiger partial charge in [-0.15, -0.1) is 0 Å². The number of aromatic nitrogens is 2. The summed E-state index contributed by atoms with van der Waals surface area (Å²) >= 11 is 0. The van der Waals surface area contributed by atoms with Gasteiger partial charge in [-0.1, -0.05) is 0 Å². The zero-order valence-corrected chi connectivity index (χ0v) is 12.1. The predicted octanol–water partition coefficient (Wildman–Crippen LogP) is -0.457. The Morgan fingerprint density at radius 2 is 2.00 bits per heavy atom. The molecule has 7 nitrogen and oxygen atoms in total. The van der Waals surface area contributed by atoms with Crippen LogP contribution in [-0.4, -0.2) is 88.5 Å². The molecule has 20 heavy (non-hydrogen) atoms. The second-order valence-corrected chi connectivity index (χ2v) is 5.35. The minimum absolute atomic E-state index is 0.0572. The van der Waals surface area contributed by atoms with Crippen molar-refractivity contribution in [2.75, 3.05) is 46.8 Å². The van der Waals surface area contributed by atoms with Crippen LogP contribution in [0.4, 0.5) is 4.79 Å². The van der Waals surface area contributed by atoms with Crippen molar-refractivity contribution in [1.29, 1.82) is 0 Å². The van der Waals surface area contributed by atoms with Crippen LogP contribution in [0, 0.1) is 0 Å². The number of aliphatic hydroxyl groups excluding tert-OH is 1. The Morgan fingerprint density at radius 3 is 2.55 bits per heavy atom. The molecule has 1 aromatic rings. The first-order chi connectivity index (χ1) is 9.56. The maximum atomic E-state index is 11.8. The second-order valence-electron chi connectivity index (χ2n) is 5.35. The van der Waals surface area contributed by atoms with Gasteiger partial charge in [0.1, 0.15) is 0 Å². The normalized spacial score (nSPS) is 18.1. The summed E-state index contributed by atoms with van der Waals surface area (Å²) in [6, 6.07) is 1.90. The lowest BCUT2D eigenvalue weighted by molar-refractivity contribution is 0.0664. The van der Waals surface area contributed by atoms with Crippen molar-refractivity contribution in [2.45, 2.75) is 12.6 Å². The minimum atomic E-state index is -0.439. The topological polar surface area (TPSA) is 64.8 Å². The smallest absolute Gasteiger partial charge is 0.319 e. The molecule has 1 N–H and O–H groups in total. The van der Waals surface area contributed by atoms with E-state index in [0.717, 1.165) is 13.1 Å². The maximum absolute atomic E-state index is 11.8.